The molecule has 1 saturated heterocycles. The topological polar surface area (TPSA) is 103 Å². The molecule has 1 aliphatic heterocycles. The van der Waals surface area contributed by atoms with E-state index in [4.69, 9.17) is 9.97 Å². The Bertz CT molecular complexity index is 1520. The van der Waals surface area contributed by atoms with Crippen LogP contribution in [-0.2, 0) is 10.0 Å². The molecule has 1 fully saturated rings. The van der Waals surface area contributed by atoms with Gasteiger partial charge >= 0.3 is 0 Å². The lowest BCUT2D eigenvalue weighted by Gasteiger charge is -2.35. The van der Waals surface area contributed by atoms with E-state index in [9.17, 15) is 13.7 Å². The molecule has 0 unspecified atom stereocenters. The zero-order valence-electron chi connectivity index (χ0n) is 18.8. The van der Waals surface area contributed by atoms with Crippen LogP contribution < -0.4 is 4.90 Å². The standard InChI is InChI=1S/C24H22N6O2S2/c1-16-17(2)33-24-21(16)23(27-22(28-24)19-7-5-9-26-15-19)29-10-12-30(13-11-29)34(31,32)20-8-4-3-6-18(20)14-25/h3-9,15H,10-13H2,1-2H3. The number of aryl methyl sites for hydroxylation is 2. The van der Waals surface area contributed by atoms with Gasteiger partial charge in [0.2, 0.25) is 10.0 Å². The average molecular weight is 491 g/mol. The molecule has 8 nitrogen and oxygen atoms in total. The minimum absolute atomic E-state index is 0.0542. The fourth-order valence-corrected chi connectivity index (χ4v) is 6.73. The summed E-state index contributed by atoms with van der Waals surface area (Å²) in [6, 6.07) is 12.1. The number of aromatic nitrogens is 3. The molecule has 0 radical (unpaired) electrons. The highest BCUT2D eigenvalue weighted by molar-refractivity contribution is 7.89. The number of fused-ring (bicyclic) bond motifs is 1. The van der Waals surface area contributed by atoms with Crippen LogP contribution >= 0.6 is 11.3 Å². The number of sulfonamides is 1. The largest absolute Gasteiger partial charge is 0.353 e. The number of anilines is 1. The Morgan fingerprint density at radius 1 is 1.03 bits per heavy atom. The van der Waals surface area contributed by atoms with Crippen LogP contribution in [0.2, 0.25) is 0 Å². The van der Waals surface area contributed by atoms with Crippen LogP contribution in [0, 0.1) is 25.2 Å². The quantitative estimate of drug-likeness (QED) is 0.429. The third kappa shape index (κ3) is 3.81. The van der Waals surface area contributed by atoms with Crippen molar-refractivity contribution in [3.05, 3.63) is 64.8 Å². The molecule has 0 atom stereocenters. The van der Waals surface area contributed by atoms with Crippen LogP contribution in [-0.4, -0.2) is 53.9 Å². The van der Waals surface area contributed by atoms with Crippen LogP contribution in [0.3, 0.4) is 0 Å². The fourth-order valence-electron chi connectivity index (χ4n) is 4.14. The average Bonchev–Trinajstić information content (AvgIpc) is 3.17. The van der Waals surface area contributed by atoms with Gasteiger partial charge in [-0.1, -0.05) is 12.1 Å². The van der Waals surface area contributed by atoms with Crippen molar-refractivity contribution in [2.75, 3.05) is 31.1 Å². The highest BCUT2D eigenvalue weighted by atomic mass is 32.2. The van der Waals surface area contributed by atoms with Gasteiger partial charge in [0, 0.05) is 49.0 Å². The predicted molar refractivity (Wildman–Crippen MR) is 132 cm³/mol. The van der Waals surface area contributed by atoms with Gasteiger partial charge in [-0.05, 0) is 43.7 Å². The Morgan fingerprint density at radius 3 is 2.50 bits per heavy atom. The smallest absolute Gasteiger partial charge is 0.244 e. The van der Waals surface area contributed by atoms with Crippen molar-refractivity contribution in [2.24, 2.45) is 0 Å². The Hall–Kier alpha value is -3.39. The second-order valence-corrected chi connectivity index (χ2v) is 11.2. The Morgan fingerprint density at radius 2 is 1.79 bits per heavy atom. The normalized spacial score (nSPS) is 14.9. The van der Waals surface area contributed by atoms with Crippen LogP contribution in [0.15, 0.2) is 53.7 Å². The van der Waals surface area contributed by atoms with Gasteiger partial charge in [0.15, 0.2) is 5.82 Å². The van der Waals surface area contributed by atoms with Gasteiger partial charge in [-0.3, -0.25) is 4.98 Å². The summed E-state index contributed by atoms with van der Waals surface area (Å²) in [5, 5.41) is 10.4. The third-order valence-corrected chi connectivity index (χ3v) is 9.15. The predicted octanol–water partition coefficient (Wildman–Crippen LogP) is 3.75. The minimum Gasteiger partial charge on any atom is -0.353 e. The summed E-state index contributed by atoms with van der Waals surface area (Å²) >= 11 is 1.64. The van der Waals surface area contributed by atoms with E-state index in [1.54, 1.807) is 35.9 Å². The molecule has 3 aromatic heterocycles. The van der Waals surface area contributed by atoms with Gasteiger partial charge in [0.25, 0.3) is 0 Å². The molecule has 0 saturated carbocycles. The molecule has 5 rings (SSSR count). The van der Waals surface area contributed by atoms with Gasteiger partial charge in [0.05, 0.1) is 15.8 Å². The first-order valence-electron chi connectivity index (χ1n) is 10.8. The van der Waals surface area contributed by atoms with E-state index in [1.165, 1.54) is 21.3 Å². The van der Waals surface area contributed by atoms with Crippen molar-refractivity contribution < 1.29 is 8.42 Å². The maximum absolute atomic E-state index is 13.2. The molecule has 172 valence electrons. The zero-order chi connectivity index (χ0) is 23.9. The second kappa shape index (κ2) is 8.76. The van der Waals surface area contributed by atoms with E-state index < -0.39 is 10.0 Å². The van der Waals surface area contributed by atoms with Gasteiger partial charge in [-0.2, -0.15) is 9.57 Å². The molecule has 1 aromatic carbocycles. The monoisotopic (exact) mass is 490 g/mol. The summed E-state index contributed by atoms with van der Waals surface area (Å²) in [4.78, 5) is 18.2. The summed E-state index contributed by atoms with van der Waals surface area (Å²) in [6.45, 7) is 5.73. The highest BCUT2D eigenvalue weighted by Gasteiger charge is 2.31. The number of hydrogen-bond donors (Lipinski definition) is 0. The van der Waals surface area contributed by atoms with E-state index >= 15 is 0 Å². The van der Waals surface area contributed by atoms with Crippen molar-refractivity contribution in [1.29, 1.82) is 5.26 Å². The summed E-state index contributed by atoms with van der Waals surface area (Å²) in [7, 11) is -3.76. The lowest BCUT2D eigenvalue weighted by Crippen LogP contribution is -2.49. The Balaban J connectivity index is 1.49. The first-order valence-corrected chi connectivity index (χ1v) is 13.1. The molecule has 0 spiro atoms. The number of hydrogen-bond acceptors (Lipinski definition) is 8. The summed E-state index contributed by atoms with van der Waals surface area (Å²) in [5.74, 6) is 1.43. The van der Waals surface area contributed by atoms with Crippen LogP contribution in [0.1, 0.15) is 16.0 Å². The molecule has 10 heteroatoms. The van der Waals surface area contributed by atoms with Crippen LogP contribution in [0.25, 0.3) is 21.6 Å². The molecule has 0 N–H and O–H groups in total. The second-order valence-electron chi connectivity index (χ2n) is 8.08. The molecular weight excluding hydrogens is 468 g/mol. The molecular formula is C24H22N6O2S2. The van der Waals surface area contributed by atoms with Gasteiger partial charge in [-0.25, -0.2) is 18.4 Å². The van der Waals surface area contributed by atoms with Gasteiger partial charge in [-0.15, -0.1) is 11.3 Å². The van der Waals surface area contributed by atoms with E-state index in [-0.39, 0.29) is 10.5 Å². The lowest BCUT2D eigenvalue weighted by molar-refractivity contribution is 0.384. The van der Waals surface area contributed by atoms with Crippen molar-refractivity contribution in [2.45, 2.75) is 18.7 Å². The highest BCUT2D eigenvalue weighted by Crippen LogP contribution is 2.37. The number of thiophene rings is 1. The minimum atomic E-state index is -3.76. The number of piperazine rings is 1. The molecule has 1 aliphatic rings. The first kappa shape index (κ1) is 22.4. The Labute approximate surface area is 202 Å². The number of benzene rings is 1. The van der Waals surface area contributed by atoms with E-state index in [0.29, 0.717) is 32.0 Å². The molecule has 0 bridgehead atoms. The van der Waals surface area contributed by atoms with Gasteiger partial charge in [0.1, 0.15) is 16.7 Å². The van der Waals surface area contributed by atoms with Crippen molar-refractivity contribution in [3.8, 4) is 17.5 Å². The summed E-state index contributed by atoms with van der Waals surface area (Å²) < 4.78 is 27.9. The number of nitriles is 1. The maximum Gasteiger partial charge on any atom is 0.244 e. The zero-order valence-corrected chi connectivity index (χ0v) is 20.4. The van der Waals surface area contributed by atoms with E-state index in [0.717, 1.165) is 27.2 Å². The number of pyridine rings is 1. The Kier molecular flexibility index (Phi) is 5.77. The van der Waals surface area contributed by atoms with E-state index in [1.807, 2.05) is 18.2 Å². The van der Waals surface area contributed by atoms with E-state index in [2.05, 4.69) is 23.7 Å². The fraction of sp³-hybridized carbons (Fsp3) is 0.250. The van der Waals surface area contributed by atoms with Crippen molar-refractivity contribution >= 4 is 37.4 Å². The van der Waals surface area contributed by atoms with Crippen molar-refractivity contribution in [3.63, 3.8) is 0 Å². The molecule has 0 amide bonds. The molecule has 4 aromatic rings. The first-order chi connectivity index (χ1) is 16.4. The van der Waals surface area contributed by atoms with Gasteiger partial charge < -0.3 is 4.90 Å². The van der Waals surface area contributed by atoms with Crippen molar-refractivity contribution in [1.82, 2.24) is 19.3 Å². The summed E-state index contributed by atoms with van der Waals surface area (Å²) in [6.07, 6.45) is 3.46. The van der Waals surface area contributed by atoms with Crippen LogP contribution in [0.4, 0.5) is 5.82 Å². The number of rotatable bonds is 4. The molecule has 4 heterocycles. The lowest BCUT2D eigenvalue weighted by atomic mass is 10.2. The SMILES string of the molecule is Cc1sc2nc(-c3cccnc3)nc(N3CCN(S(=O)(=O)c4ccccc4C#N)CC3)c2c1C. The number of nitrogens with zero attached hydrogens (tertiary/aromatic N) is 6. The maximum atomic E-state index is 13.2. The van der Waals surface area contributed by atoms with Crippen LogP contribution in [0.5, 0.6) is 0 Å². The molecule has 0 aliphatic carbocycles. The molecule has 34 heavy (non-hydrogen) atoms. The summed E-state index contributed by atoms with van der Waals surface area (Å²) in [5.41, 5.74) is 2.14. The third-order valence-electron chi connectivity index (χ3n) is 6.09.